The molecule has 1 fully saturated rings. The first-order valence-corrected chi connectivity index (χ1v) is 7.23. The molecule has 0 unspecified atom stereocenters. The van der Waals surface area contributed by atoms with Crippen LogP contribution in [0.3, 0.4) is 0 Å². The Balaban J connectivity index is 1.64. The van der Waals surface area contributed by atoms with E-state index in [0.717, 1.165) is 4.90 Å². The summed E-state index contributed by atoms with van der Waals surface area (Å²) in [6, 6.07) is 5.84. The van der Waals surface area contributed by atoms with E-state index in [1.165, 1.54) is 25.5 Å². The highest BCUT2D eigenvalue weighted by atomic mass is 16.5. The molecule has 1 saturated heterocycles. The molecule has 3 amide bonds. The van der Waals surface area contributed by atoms with Crippen molar-refractivity contribution in [2.24, 2.45) is 0 Å². The fourth-order valence-corrected chi connectivity index (χ4v) is 2.23. The molecule has 9 heteroatoms. The van der Waals surface area contributed by atoms with Crippen LogP contribution in [0.25, 0.3) is 11.5 Å². The van der Waals surface area contributed by atoms with Crippen molar-refractivity contribution in [1.29, 1.82) is 0 Å². The van der Waals surface area contributed by atoms with Crippen LogP contribution in [-0.4, -0.2) is 52.2 Å². The molecule has 2 heterocycles. The number of imide groups is 1. The quantitative estimate of drug-likeness (QED) is 0.826. The third kappa shape index (κ3) is 3.09. The van der Waals surface area contributed by atoms with E-state index < -0.39 is 24.0 Å². The molecular formula is C15H14N4O5. The molecule has 2 aromatic rings. The molecule has 1 aromatic carbocycles. The summed E-state index contributed by atoms with van der Waals surface area (Å²) in [5.41, 5.74) is 0.922. The number of urea groups is 1. The maximum atomic E-state index is 12.1. The Labute approximate surface area is 136 Å². The van der Waals surface area contributed by atoms with Crippen molar-refractivity contribution in [3.8, 4) is 11.5 Å². The van der Waals surface area contributed by atoms with Crippen LogP contribution in [0, 0.1) is 0 Å². The molecule has 1 aliphatic rings. The Morgan fingerprint density at radius 2 is 2.08 bits per heavy atom. The minimum Gasteiger partial charge on any atom is -0.449 e. The van der Waals surface area contributed by atoms with Gasteiger partial charge in [-0.1, -0.05) is 0 Å². The highest BCUT2D eigenvalue weighted by Gasteiger charge is 2.31. The molecule has 124 valence electrons. The minimum atomic E-state index is -1.06. The molecule has 0 bridgehead atoms. The van der Waals surface area contributed by atoms with E-state index in [-0.39, 0.29) is 12.1 Å². The molecule has 1 aliphatic heterocycles. The number of carbonyl (C=O) groups excluding carboxylic acids is 3. The van der Waals surface area contributed by atoms with Crippen molar-refractivity contribution in [3.05, 3.63) is 36.2 Å². The summed E-state index contributed by atoms with van der Waals surface area (Å²) >= 11 is 0. The Bertz CT molecular complexity index is 757. The minimum absolute atomic E-state index is 0.262. The van der Waals surface area contributed by atoms with E-state index in [1.807, 2.05) is 0 Å². The summed E-state index contributed by atoms with van der Waals surface area (Å²) in [7, 11) is 0. The van der Waals surface area contributed by atoms with Gasteiger partial charge < -0.3 is 14.5 Å². The molecule has 0 radical (unpaired) electrons. The number of aromatic nitrogens is 2. The van der Waals surface area contributed by atoms with Gasteiger partial charge in [0.25, 0.3) is 5.91 Å². The van der Waals surface area contributed by atoms with Gasteiger partial charge >= 0.3 is 12.0 Å². The van der Waals surface area contributed by atoms with Gasteiger partial charge in [0.05, 0.1) is 5.56 Å². The summed E-state index contributed by atoms with van der Waals surface area (Å²) in [6.07, 6.45) is 0.149. The van der Waals surface area contributed by atoms with Crippen molar-refractivity contribution < 1.29 is 23.5 Å². The van der Waals surface area contributed by atoms with Crippen LogP contribution in [0.4, 0.5) is 4.79 Å². The van der Waals surface area contributed by atoms with Gasteiger partial charge in [-0.15, -0.1) is 10.2 Å². The summed E-state index contributed by atoms with van der Waals surface area (Å²) < 4.78 is 10.2. The number of nitrogens with one attached hydrogen (secondary N) is 1. The molecule has 3 rings (SSSR count). The Hall–Kier alpha value is -3.23. The van der Waals surface area contributed by atoms with Gasteiger partial charge in [0.2, 0.25) is 12.3 Å². The molecule has 24 heavy (non-hydrogen) atoms. The summed E-state index contributed by atoms with van der Waals surface area (Å²) in [6.45, 7) is 2.08. The first-order chi connectivity index (χ1) is 11.6. The monoisotopic (exact) mass is 330 g/mol. The van der Waals surface area contributed by atoms with E-state index in [4.69, 9.17) is 9.15 Å². The number of carbonyl (C=O) groups is 3. The van der Waals surface area contributed by atoms with Crippen LogP contribution in [0.2, 0.25) is 0 Å². The number of rotatable bonds is 4. The maximum Gasteiger partial charge on any atom is 0.338 e. The zero-order valence-corrected chi connectivity index (χ0v) is 12.8. The van der Waals surface area contributed by atoms with Crippen LogP contribution in [0.1, 0.15) is 17.3 Å². The molecule has 1 N–H and O–H groups in total. The molecular weight excluding hydrogens is 316 g/mol. The number of hydrogen-bond donors (Lipinski definition) is 1. The van der Waals surface area contributed by atoms with Crippen molar-refractivity contribution in [2.75, 3.05) is 13.1 Å². The summed E-state index contributed by atoms with van der Waals surface area (Å²) in [5.74, 6) is -0.883. The van der Waals surface area contributed by atoms with Crippen LogP contribution in [0.15, 0.2) is 35.1 Å². The zero-order valence-electron chi connectivity index (χ0n) is 12.8. The number of amides is 3. The molecule has 0 saturated carbocycles. The first-order valence-electron chi connectivity index (χ1n) is 7.23. The molecule has 9 nitrogen and oxygen atoms in total. The van der Waals surface area contributed by atoms with Gasteiger partial charge in [0, 0.05) is 18.7 Å². The van der Waals surface area contributed by atoms with Crippen molar-refractivity contribution in [1.82, 2.24) is 20.4 Å². The van der Waals surface area contributed by atoms with E-state index in [9.17, 15) is 14.4 Å². The fourth-order valence-electron chi connectivity index (χ4n) is 2.23. The molecule has 0 spiro atoms. The highest BCUT2D eigenvalue weighted by Crippen LogP contribution is 2.17. The number of esters is 1. The van der Waals surface area contributed by atoms with E-state index in [0.29, 0.717) is 18.0 Å². The lowest BCUT2D eigenvalue weighted by Crippen LogP contribution is -2.41. The number of nitrogens with zero attached hydrogens (tertiary/aromatic N) is 3. The fraction of sp³-hybridized carbons (Fsp3) is 0.267. The van der Waals surface area contributed by atoms with Crippen LogP contribution in [-0.2, 0) is 9.53 Å². The zero-order chi connectivity index (χ0) is 17.1. The topological polar surface area (TPSA) is 115 Å². The number of hydrogen-bond acceptors (Lipinski definition) is 7. The Morgan fingerprint density at radius 1 is 1.33 bits per heavy atom. The molecule has 1 atom stereocenters. The second-order valence-corrected chi connectivity index (χ2v) is 5.09. The standard InChI is InChI=1S/C15H14N4O5/c1-9(13(20)19-7-6-16-15(19)22)24-14(21)11-4-2-10(3-5-11)12-18-17-8-23-12/h2-5,8-9H,6-7H2,1H3,(H,16,22)/t9-/m0/s1. The van der Waals surface area contributed by atoms with Crippen LogP contribution < -0.4 is 5.32 Å². The van der Waals surface area contributed by atoms with Gasteiger partial charge in [-0.2, -0.15) is 0 Å². The molecule has 1 aromatic heterocycles. The van der Waals surface area contributed by atoms with Crippen molar-refractivity contribution in [3.63, 3.8) is 0 Å². The summed E-state index contributed by atoms with van der Waals surface area (Å²) in [5, 5.41) is 9.85. The Kier molecular flexibility index (Phi) is 4.23. The lowest BCUT2D eigenvalue weighted by Gasteiger charge is -2.18. The number of ether oxygens (including phenoxy) is 1. The highest BCUT2D eigenvalue weighted by molar-refractivity contribution is 5.99. The summed E-state index contributed by atoms with van der Waals surface area (Å²) in [4.78, 5) is 36.7. The smallest absolute Gasteiger partial charge is 0.338 e. The first kappa shape index (κ1) is 15.7. The Morgan fingerprint density at radius 3 is 2.67 bits per heavy atom. The second kappa shape index (κ2) is 6.49. The molecule has 0 aliphatic carbocycles. The van der Waals surface area contributed by atoms with Crippen LogP contribution in [0.5, 0.6) is 0 Å². The van der Waals surface area contributed by atoms with E-state index >= 15 is 0 Å². The van der Waals surface area contributed by atoms with E-state index in [2.05, 4.69) is 15.5 Å². The third-order valence-electron chi connectivity index (χ3n) is 3.48. The van der Waals surface area contributed by atoms with Gasteiger partial charge in [0.1, 0.15) is 0 Å². The lowest BCUT2D eigenvalue weighted by atomic mass is 10.1. The average molecular weight is 330 g/mol. The number of benzene rings is 1. The largest absolute Gasteiger partial charge is 0.449 e. The van der Waals surface area contributed by atoms with Gasteiger partial charge in [0.15, 0.2) is 6.10 Å². The van der Waals surface area contributed by atoms with Gasteiger partial charge in [-0.3, -0.25) is 9.69 Å². The van der Waals surface area contributed by atoms with Gasteiger partial charge in [-0.25, -0.2) is 9.59 Å². The normalized spacial score (nSPS) is 15.0. The van der Waals surface area contributed by atoms with Crippen molar-refractivity contribution >= 4 is 17.9 Å². The second-order valence-electron chi connectivity index (χ2n) is 5.09. The van der Waals surface area contributed by atoms with Crippen molar-refractivity contribution in [2.45, 2.75) is 13.0 Å². The maximum absolute atomic E-state index is 12.1. The van der Waals surface area contributed by atoms with Gasteiger partial charge in [-0.05, 0) is 31.2 Å². The predicted octanol–water partition coefficient (Wildman–Crippen LogP) is 0.834. The predicted molar refractivity (Wildman–Crippen MR) is 79.7 cm³/mol. The average Bonchev–Trinajstić information content (AvgIpc) is 3.25. The van der Waals surface area contributed by atoms with E-state index in [1.54, 1.807) is 12.1 Å². The lowest BCUT2D eigenvalue weighted by molar-refractivity contribution is -0.136. The third-order valence-corrected chi connectivity index (χ3v) is 3.48. The SMILES string of the molecule is C[C@H](OC(=O)c1ccc(-c2nnco2)cc1)C(=O)N1CCNC1=O. The van der Waals surface area contributed by atoms with Crippen LogP contribution >= 0.6 is 0 Å².